The summed E-state index contributed by atoms with van der Waals surface area (Å²) in [6.45, 7) is 2.88. The molecule has 0 aliphatic rings. The smallest absolute Gasteiger partial charge is 0.169 e. The topological polar surface area (TPSA) is 25.2 Å². The van der Waals surface area contributed by atoms with Gasteiger partial charge in [0.2, 0.25) is 0 Å². The van der Waals surface area contributed by atoms with Crippen LogP contribution in [-0.4, -0.2) is 6.04 Å². The van der Waals surface area contributed by atoms with E-state index in [-0.39, 0.29) is 0 Å². The van der Waals surface area contributed by atoms with E-state index in [0.29, 0.717) is 6.04 Å². The number of hydrogen-bond acceptors (Lipinski definition) is 2. The third-order valence-electron chi connectivity index (χ3n) is 2.68. The highest BCUT2D eigenvalue weighted by Gasteiger charge is 2.05. The normalized spacial score (nSPS) is 12.6. The van der Waals surface area contributed by atoms with Crippen LogP contribution < -0.4 is 5.32 Å². The molecule has 0 saturated carbocycles. The standard InChI is InChI=1S/C14H15BrClNO/c1-10(7-11-3-2-4-12(16)8-11)17-9-13-5-6-14(15)18-13/h2-6,8,10,17H,7,9H2,1H3. The van der Waals surface area contributed by atoms with Crippen LogP contribution in [0.5, 0.6) is 0 Å². The van der Waals surface area contributed by atoms with E-state index < -0.39 is 0 Å². The Kier molecular flexibility index (Phi) is 4.87. The Bertz CT molecular complexity index is 512. The van der Waals surface area contributed by atoms with Crippen LogP contribution in [0.25, 0.3) is 0 Å². The molecule has 18 heavy (non-hydrogen) atoms. The molecule has 0 aliphatic heterocycles. The molecule has 4 heteroatoms. The van der Waals surface area contributed by atoms with Crippen molar-refractivity contribution < 1.29 is 4.42 Å². The first-order chi connectivity index (χ1) is 8.63. The molecule has 1 atom stereocenters. The molecule has 96 valence electrons. The lowest BCUT2D eigenvalue weighted by molar-refractivity contribution is 0.441. The van der Waals surface area contributed by atoms with E-state index in [4.69, 9.17) is 16.0 Å². The van der Waals surface area contributed by atoms with Crippen molar-refractivity contribution >= 4 is 27.5 Å². The fourth-order valence-corrected chi connectivity index (χ4v) is 2.36. The molecular weight excluding hydrogens is 314 g/mol. The zero-order valence-corrected chi connectivity index (χ0v) is 12.5. The molecule has 2 aromatic rings. The summed E-state index contributed by atoms with van der Waals surface area (Å²) in [5.41, 5.74) is 1.24. The maximum atomic E-state index is 5.96. The van der Waals surface area contributed by atoms with Gasteiger partial charge in [-0.2, -0.15) is 0 Å². The van der Waals surface area contributed by atoms with E-state index in [1.54, 1.807) is 0 Å². The number of furan rings is 1. The fourth-order valence-electron chi connectivity index (χ4n) is 1.81. The van der Waals surface area contributed by atoms with Crippen molar-refractivity contribution in [3.63, 3.8) is 0 Å². The summed E-state index contributed by atoms with van der Waals surface area (Å²) < 4.78 is 6.20. The lowest BCUT2D eigenvalue weighted by Crippen LogP contribution is -2.27. The molecule has 1 heterocycles. The lowest BCUT2D eigenvalue weighted by Gasteiger charge is -2.13. The SMILES string of the molecule is CC(Cc1cccc(Cl)c1)NCc1ccc(Br)o1. The highest BCUT2D eigenvalue weighted by Crippen LogP contribution is 2.15. The largest absolute Gasteiger partial charge is 0.453 e. The van der Waals surface area contributed by atoms with Gasteiger partial charge in [0.25, 0.3) is 0 Å². The highest BCUT2D eigenvalue weighted by molar-refractivity contribution is 9.10. The predicted octanol–water partition coefficient (Wildman–Crippen LogP) is 4.42. The third-order valence-corrected chi connectivity index (χ3v) is 3.35. The van der Waals surface area contributed by atoms with Crippen LogP contribution in [0.3, 0.4) is 0 Å². The van der Waals surface area contributed by atoms with Crippen molar-refractivity contribution in [3.05, 3.63) is 57.4 Å². The Morgan fingerprint density at radius 3 is 2.83 bits per heavy atom. The summed E-state index contributed by atoms with van der Waals surface area (Å²) >= 11 is 9.26. The van der Waals surface area contributed by atoms with Crippen LogP contribution in [0.15, 0.2) is 45.5 Å². The summed E-state index contributed by atoms with van der Waals surface area (Å²) in [5.74, 6) is 0.930. The van der Waals surface area contributed by atoms with Crippen molar-refractivity contribution in [2.24, 2.45) is 0 Å². The van der Waals surface area contributed by atoms with Gasteiger partial charge in [0.1, 0.15) is 5.76 Å². The molecule has 1 unspecified atom stereocenters. The molecule has 2 rings (SSSR count). The number of rotatable bonds is 5. The molecule has 1 aromatic carbocycles. The van der Waals surface area contributed by atoms with E-state index in [0.717, 1.165) is 28.4 Å². The van der Waals surface area contributed by atoms with Crippen LogP contribution in [0, 0.1) is 0 Å². The Morgan fingerprint density at radius 1 is 1.33 bits per heavy atom. The van der Waals surface area contributed by atoms with Crippen molar-refractivity contribution in [1.29, 1.82) is 0 Å². The van der Waals surface area contributed by atoms with Gasteiger partial charge in [-0.25, -0.2) is 0 Å². The number of nitrogens with one attached hydrogen (secondary N) is 1. The Balaban J connectivity index is 1.83. The van der Waals surface area contributed by atoms with E-state index in [1.165, 1.54) is 5.56 Å². The van der Waals surface area contributed by atoms with Crippen LogP contribution in [-0.2, 0) is 13.0 Å². The first-order valence-corrected chi connectivity index (χ1v) is 7.02. The molecule has 0 aliphatic carbocycles. The second-order valence-corrected chi connectivity index (χ2v) is 5.54. The highest BCUT2D eigenvalue weighted by atomic mass is 79.9. The van der Waals surface area contributed by atoms with Crippen LogP contribution in [0.4, 0.5) is 0 Å². The molecule has 1 aromatic heterocycles. The van der Waals surface area contributed by atoms with Gasteiger partial charge >= 0.3 is 0 Å². The average Bonchev–Trinajstić information content (AvgIpc) is 2.73. The average molecular weight is 329 g/mol. The van der Waals surface area contributed by atoms with Gasteiger partial charge in [-0.15, -0.1) is 0 Å². The zero-order valence-electron chi connectivity index (χ0n) is 10.1. The van der Waals surface area contributed by atoms with Gasteiger partial charge in [0.15, 0.2) is 4.67 Å². The minimum absolute atomic E-state index is 0.368. The number of halogens is 2. The van der Waals surface area contributed by atoms with Gasteiger partial charge < -0.3 is 9.73 Å². The summed E-state index contributed by atoms with van der Waals surface area (Å²) in [4.78, 5) is 0. The van der Waals surface area contributed by atoms with Crippen LogP contribution >= 0.6 is 27.5 Å². The predicted molar refractivity (Wildman–Crippen MR) is 77.9 cm³/mol. The van der Waals surface area contributed by atoms with E-state index >= 15 is 0 Å². The minimum atomic E-state index is 0.368. The Morgan fingerprint density at radius 2 is 2.17 bits per heavy atom. The van der Waals surface area contributed by atoms with Crippen molar-refractivity contribution in [3.8, 4) is 0 Å². The van der Waals surface area contributed by atoms with Crippen molar-refractivity contribution in [2.45, 2.75) is 25.9 Å². The number of hydrogen-bond donors (Lipinski definition) is 1. The van der Waals surface area contributed by atoms with Crippen molar-refractivity contribution in [1.82, 2.24) is 5.32 Å². The molecular formula is C14H15BrClNO. The van der Waals surface area contributed by atoms with Crippen LogP contribution in [0.1, 0.15) is 18.2 Å². The molecule has 0 radical (unpaired) electrons. The number of benzene rings is 1. The molecule has 0 bridgehead atoms. The van der Waals surface area contributed by atoms with Gasteiger partial charge in [0, 0.05) is 11.1 Å². The summed E-state index contributed by atoms with van der Waals surface area (Å²) in [7, 11) is 0. The molecule has 2 nitrogen and oxygen atoms in total. The summed E-state index contributed by atoms with van der Waals surface area (Å²) in [6.07, 6.45) is 0.947. The zero-order chi connectivity index (χ0) is 13.0. The third kappa shape index (κ3) is 4.16. The molecule has 0 spiro atoms. The monoisotopic (exact) mass is 327 g/mol. The fraction of sp³-hybridized carbons (Fsp3) is 0.286. The molecule has 1 N–H and O–H groups in total. The van der Waals surface area contributed by atoms with Gasteiger partial charge in [-0.3, -0.25) is 0 Å². The summed E-state index contributed by atoms with van der Waals surface area (Å²) in [5, 5.41) is 4.21. The second-order valence-electron chi connectivity index (χ2n) is 4.32. The molecule has 0 amide bonds. The van der Waals surface area contributed by atoms with Gasteiger partial charge in [-0.05, 0) is 59.1 Å². The van der Waals surface area contributed by atoms with Gasteiger partial charge in [0.05, 0.1) is 6.54 Å². The van der Waals surface area contributed by atoms with E-state index in [1.807, 2.05) is 30.3 Å². The van der Waals surface area contributed by atoms with Gasteiger partial charge in [-0.1, -0.05) is 23.7 Å². The molecule has 0 fully saturated rings. The Labute approximate surface area is 120 Å². The Hall–Kier alpha value is -0.770. The lowest BCUT2D eigenvalue weighted by atomic mass is 10.1. The van der Waals surface area contributed by atoms with E-state index in [9.17, 15) is 0 Å². The summed E-state index contributed by atoms with van der Waals surface area (Å²) in [6, 6.07) is 12.2. The maximum absolute atomic E-state index is 5.96. The first-order valence-electron chi connectivity index (χ1n) is 5.85. The minimum Gasteiger partial charge on any atom is -0.453 e. The first kappa shape index (κ1) is 13.7. The quantitative estimate of drug-likeness (QED) is 0.879. The second kappa shape index (κ2) is 6.41. The van der Waals surface area contributed by atoms with Crippen LogP contribution in [0.2, 0.25) is 5.02 Å². The van der Waals surface area contributed by atoms with E-state index in [2.05, 4.69) is 34.2 Å². The molecule has 0 saturated heterocycles. The van der Waals surface area contributed by atoms with Crippen molar-refractivity contribution in [2.75, 3.05) is 0 Å². The maximum Gasteiger partial charge on any atom is 0.169 e.